The molecule has 0 aliphatic carbocycles. The summed E-state index contributed by atoms with van der Waals surface area (Å²) in [4.78, 5) is 24.2. The number of ether oxygens (including phenoxy) is 1. The molecule has 2 N–H and O–H groups in total. The average Bonchev–Trinajstić information content (AvgIpc) is 2.49. The molecule has 1 saturated heterocycles. The first-order valence-corrected chi connectivity index (χ1v) is 7.10. The quantitative estimate of drug-likeness (QED) is 0.783. The molecule has 5 heteroatoms. The Hall–Kier alpha value is -2.30. The van der Waals surface area contributed by atoms with E-state index >= 15 is 0 Å². The van der Waals surface area contributed by atoms with Crippen LogP contribution in [0.2, 0.25) is 0 Å². The Labute approximate surface area is 124 Å². The molecule has 1 fully saturated rings. The Bertz CT molecular complexity index is 525. The van der Waals surface area contributed by atoms with Gasteiger partial charge in [-0.05, 0) is 37.5 Å². The predicted molar refractivity (Wildman–Crippen MR) is 79.9 cm³/mol. The molecule has 1 heterocycles. The van der Waals surface area contributed by atoms with Crippen LogP contribution in [0.5, 0.6) is 5.75 Å². The molecule has 1 aromatic rings. The molecule has 1 aliphatic heterocycles. The maximum absolute atomic E-state index is 12.1. The van der Waals surface area contributed by atoms with E-state index in [1.165, 1.54) is 0 Å². The van der Waals surface area contributed by atoms with Crippen LogP contribution in [0.3, 0.4) is 0 Å². The minimum atomic E-state index is -0.645. The van der Waals surface area contributed by atoms with Crippen molar-refractivity contribution in [1.29, 1.82) is 0 Å². The Kier molecular flexibility index (Phi) is 4.98. The normalized spacial score (nSPS) is 21.4. The monoisotopic (exact) mass is 288 g/mol. The second kappa shape index (κ2) is 6.92. The molecule has 2 amide bonds. The molecule has 0 radical (unpaired) electrons. The molecule has 0 spiro atoms. The fourth-order valence-corrected chi connectivity index (χ4v) is 2.27. The van der Waals surface area contributed by atoms with Gasteiger partial charge in [-0.25, -0.2) is 0 Å². The van der Waals surface area contributed by atoms with Crippen molar-refractivity contribution in [2.24, 2.45) is 0 Å². The van der Waals surface area contributed by atoms with E-state index in [4.69, 9.17) is 4.74 Å². The maximum Gasteiger partial charge on any atom is 0.247 e. The van der Waals surface area contributed by atoms with Crippen LogP contribution in [0.4, 0.5) is 0 Å². The van der Waals surface area contributed by atoms with Crippen LogP contribution in [0.15, 0.2) is 36.9 Å². The summed E-state index contributed by atoms with van der Waals surface area (Å²) >= 11 is 0. The molecule has 5 nitrogen and oxygen atoms in total. The van der Waals surface area contributed by atoms with E-state index < -0.39 is 12.1 Å². The van der Waals surface area contributed by atoms with Crippen molar-refractivity contribution >= 4 is 11.8 Å². The van der Waals surface area contributed by atoms with E-state index in [0.29, 0.717) is 19.4 Å². The van der Waals surface area contributed by atoms with Gasteiger partial charge in [0.05, 0.1) is 6.61 Å². The van der Waals surface area contributed by atoms with Crippen molar-refractivity contribution in [3.8, 4) is 5.75 Å². The second-order valence-electron chi connectivity index (χ2n) is 4.87. The highest BCUT2D eigenvalue weighted by Gasteiger charge is 2.33. The second-order valence-corrected chi connectivity index (χ2v) is 4.87. The fraction of sp³-hybridized carbons (Fsp3) is 0.375. The summed E-state index contributed by atoms with van der Waals surface area (Å²) in [7, 11) is 0. The number of rotatable bonds is 6. The SMILES string of the molecule is C=CCCC1NC(=O)C(c2ccc(OCC)cc2)NC1=O. The molecule has 112 valence electrons. The Morgan fingerprint density at radius 3 is 2.52 bits per heavy atom. The number of hydrogen-bond donors (Lipinski definition) is 2. The lowest BCUT2D eigenvalue weighted by Gasteiger charge is -2.29. The number of carbonyl (C=O) groups excluding carboxylic acids is 2. The third-order valence-corrected chi connectivity index (χ3v) is 3.37. The summed E-state index contributed by atoms with van der Waals surface area (Å²) < 4.78 is 5.36. The van der Waals surface area contributed by atoms with Crippen molar-refractivity contribution in [2.45, 2.75) is 31.8 Å². The lowest BCUT2D eigenvalue weighted by Crippen LogP contribution is -2.57. The number of piperazine rings is 1. The summed E-state index contributed by atoms with van der Waals surface area (Å²) in [5.74, 6) is 0.399. The molecule has 0 saturated carbocycles. The van der Waals surface area contributed by atoms with Gasteiger partial charge in [0.1, 0.15) is 17.8 Å². The van der Waals surface area contributed by atoms with Crippen LogP contribution in [0.1, 0.15) is 31.4 Å². The largest absolute Gasteiger partial charge is 0.494 e. The van der Waals surface area contributed by atoms with Gasteiger partial charge in [0.2, 0.25) is 11.8 Å². The third kappa shape index (κ3) is 3.62. The molecule has 2 rings (SSSR count). The van der Waals surface area contributed by atoms with Crippen molar-refractivity contribution in [3.05, 3.63) is 42.5 Å². The average molecular weight is 288 g/mol. The van der Waals surface area contributed by atoms with Gasteiger partial charge in [-0.1, -0.05) is 18.2 Å². The van der Waals surface area contributed by atoms with Gasteiger partial charge in [0.25, 0.3) is 0 Å². The van der Waals surface area contributed by atoms with Gasteiger partial charge in [0.15, 0.2) is 0 Å². The van der Waals surface area contributed by atoms with E-state index in [0.717, 1.165) is 11.3 Å². The van der Waals surface area contributed by atoms with E-state index in [1.807, 2.05) is 6.92 Å². The number of amides is 2. The van der Waals surface area contributed by atoms with Gasteiger partial charge in [-0.3, -0.25) is 9.59 Å². The molecule has 1 aromatic carbocycles. The molecule has 2 unspecified atom stereocenters. The van der Waals surface area contributed by atoms with Crippen LogP contribution < -0.4 is 15.4 Å². The number of benzene rings is 1. The summed E-state index contributed by atoms with van der Waals surface area (Å²) in [6.45, 7) is 6.12. The third-order valence-electron chi connectivity index (χ3n) is 3.37. The molecule has 0 aromatic heterocycles. The first-order chi connectivity index (χ1) is 10.2. The Balaban J connectivity index is 2.06. The number of allylic oxidation sites excluding steroid dienone is 1. The van der Waals surface area contributed by atoms with E-state index in [1.54, 1.807) is 30.3 Å². The lowest BCUT2D eigenvalue weighted by molar-refractivity contribution is -0.137. The highest BCUT2D eigenvalue weighted by atomic mass is 16.5. The minimum Gasteiger partial charge on any atom is -0.494 e. The van der Waals surface area contributed by atoms with Gasteiger partial charge in [-0.2, -0.15) is 0 Å². The van der Waals surface area contributed by atoms with Crippen LogP contribution >= 0.6 is 0 Å². The van der Waals surface area contributed by atoms with Crippen molar-refractivity contribution in [3.63, 3.8) is 0 Å². The summed E-state index contributed by atoms with van der Waals surface area (Å²) in [6.07, 6.45) is 2.99. The van der Waals surface area contributed by atoms with Gasteiger partial charge >= 0.3 is 0 Å². The van der Waals surface area contributed by atoms with Crippen molar-refractivity contribution in [2.75, 3.05) is 6.61 Å². The van der Waals surface area contributed by atoms with E-state index in [2.05, 4.69) is 17.2 Å². The van der Waals surface area contributed by atoms with Gasteiger partial charge in [-0.15, -0.1) is 6.58 Å². The zero-order chi connectivity index (χ0) is 15.2. The summed E-state index contributed by atoms with van der Waals surface area (Å²) in [5, 5.41) is 5.53. The van der Waals surface area contributed by atoms with Crippen LogP contribution in [0, 0.1) is 0 Å². The number of hydrogen-bond acceptors (Lipinski definition) is 3. The van der Waals surface area contributed by atoms with Crippen molar-refractivity contribution in [1.82, 2.24) is 10.6 Å². The molecule has 1 aliphatic rings. The Morgan fingerprint density at radius 2 is 1.90 bits per heavy atom. The lowest BCUT2D eigenvalue weighted by atomic mass is 10.00. The minimum absolute atomic E-state index is 0.157. The molecule has 0 bridgehead atoms. The predicted octanol–water partition coefficient (Wildman–Crippen LogP) is 1.71. The maximum atomic E-state index is 12.1. The smallest absolute Gasteiger partial charge is 0.247 e. The van der Waals surface area contributed by atoms with Crippen LogP contribution in [0.25, 0.3) is 0 Å². The van der Waals surface area contributed by atoms with Gasteiger partial charge < -0.3 is 15.4 Å². The van der Waals surface area contributed by atoms with Crippen LogP contribution in [-0.2, 0) is 9.59 Å². The highest BCUT2D eigenvalue weighted by Crippen LogP contribution is 2.21. The summed E-state index contributed by atoms with van der Waals surface area (Å²) in [6, 6.07) is 6.05. The van der Waals surface area contributed by atoms with Gasteiger partial charge in [0, 0.05) is 0 Å². The van der Waals surface area contributed by atoms with Crippen molar-refractivity contribution < 1.29 is 14.3 Å². The fourth-order valence-electron chi connectivity index (χ4n) is 2.27. The molecule has 2 atom stereocenters. The first kappa shape index (κ1) is 15.1. The number of nitrogens with one attached hydrogen (secondary N) is 2. The topological polar surface area (TPSA) is 67.4 Å². The molecular formula is C16H20N2O3. The number of carbonyl (C=O) groups is 2. The zero-order valence-electron chi connectivity index (χ0n) is 12.1. The Morgan fingerprint density at radius 1 is 1.19 bits per heavy atom. The molecule has 21 heavy (non-hydrogen) atoms. The first-order valence-electron chi connectivity index (χ1n) is 7.10. The van der Waals surface area contributed by atoms with Crippen LogP contribution in [-0.4, -0.2) is 24.5 Å². The highest BCUT2D eigenvalue weighted by molar-refractivity contribution is 5.97. The molecular weight excluding hydrogens is 268 g/mol. The summed E-state index contributed by atoms with van der Waals surface area (Å²) in [5.41, 5.74) is 0.742. The van der Waals surface area contributed by atoms with E-state index in [-0.39, 0.29) is 11.8 Å². The standard InChI is InChI=1S/C16H20N2O3/c1-3-5-6-13-15(19)18-14(16(20)17-13)11-7-9-12(10-8-11)21-4-2/h3,7-10,13-14H,1,4-6H2,2H3,(H,17,20)(H,18,19). The zero-order valence-corrected chi connectivity index (χ0v) is 12.1. The van der Waals surface area contributed by atoms with E-state index in [9.17, 15) is 9.59 Å².